The van der Waals surface area contributed by atoms with Gasteiger partial charge in [-0.1, -0.05) is 24.3 Å². The number of nitrogens with zero attached hydrogens (tertiary/aromatic N) is 6. The minimum atomic E-state index is -0.203. The van der Waals surface area contributed by atoms with Crippen LogP contribution in [0.5, 0.6) is 5.88 Å². The lowest BCUT2D eigenvalue weighted by Gasteiger charge is -2.38. The average molecular weight is 433 g/mol. The molecule has 5 rings (SSSR count). The maximum absolute atomic E-state index is 13.2. The van der Waals surface area contributed by atoms with Crippen molar-refractivity contribution in [2.24, 2.45) is 9.98 Å². The van der Waals surface area contributed by atoms with E-state index in [1.54, 1.807) is 12.4 Å². The molecule has 1 aromatic carbocycles. The zero-order valence-corrected chi connectivity index (χ0v) is 17.9. The van der Waals surface area contributed by atoms with Crippen LogP contribution in [0.4, 0.5) is 10.2 Å². The molecule has 3 atom stereocenters. The zero-order chi connectivity index (χ0) is 21.9. The topological polar surface area (TPSA) is 66.2 Å². The Morgan fingerprint density at radius 2 is 1.81 bits per heavy atom. The van der Waals surface area contributed by atoms with Crippen LogP contribution in [0.15, 0.2) is 70.6 Å². The van der Waals surface area contributed by atoms with Crippen molar-refractivity contribution in [3.05, 3.63) is 72.0 Å². The maximum Gasteiger partial charge on any atom is 0.224 e. The van der Waals surface area contributed by atoms with E-state index in [0.717, 1.165) is 43.3 Å². The van der Waals surface area contributed by atoms with Crippen LogP contribution in [0.25, 0.3) is 0 Å². The molecule has 164 valence electrons. The molecule has 1 fully saturated rings. The molecule has 1 aliphatic carbocycles. The van der Waals surface area contributed by atoms with Crippen LogP contribution in [0.3, 0.4) is 0 Å². The molecule has 7 nitrogen and oxygen atoms in total. The Hall–Kier alpha value is -3.39. The van der Waals surface area contributed by atoms with Gasteiger partial charge in [0.25, 0.3) is 0 Å². The van der Waals surface area contributed by atoms with Gasteiger partial charge >= 0.3 is 0 Å². The number of halogens is 1. The van der Waals surface area contributed by atoms with Gasteiger partial charge in [-0.15, -0.1) is 0 Å². The van der Waals surface area contributed by atoms with Gasteiger partial charge in [0.1, 0.15) is 29.8 Å². The maximum atomic E-state index is 13.2. The zero-order valence-electron chi connectivity index (χ0n) is 17.9. The molecule has 3 aliphatic rings. The van der Waals surface area contributed by atoms with Gasteiger partial charge in [-0.05, 0) is 30.7 Å². The Kier molecular flexibility index (Phi) is 5.77. The molecule has 8 heteroatoms. The minimum absolute atomic E-state index is 0.0301. The fraction of sp³-hybridized carbons (Fsp3) is 0.333. The van der Waals surface area contributed by atoms with E-state index < -0.39 is 0 Å². The predicted octanol–water partition coefficient (Wildman–Crippen LogP) is 3.22. The largest absolute Gasteiger partial charge is 0.441 e. The van der Waals surface area contributed by atoms with E-state index in [9.17, 15) is 4.39 Å². The van der Waals surface area contributed by atoms with Crippen molar-refractivity contribution in [1.29, 1.82) is 0 Å². The van der Waals surface area contributed by atoms with E-state index >= 15 is 0 Å². The van der Waals surface area contributed by atoms with E-state index in [2.05, 4.69) is 36.7 Å². The Bertz CT molecular complexity index is 1070. The van der Waals surface area contributed by atoms with Crippen molar-refractivity contribution in [2.75, 3.05) is 31.1 Å². The van der Waals surface area contributed by atoms with Crippen LogP contribution in [0.1, 0.15) is 18.5 Å². The monoisotopic (exact) mass is 432 g/mol. The number of anilines is 1. The first-order valence-electron chi connectivity index (χ1n) is 10.8. The number of rotatable bonds is 5. The lowest BCUT2D eigenvalue weighted by Crippen LogP contribution is -2.47. The summed E-state index contributed by atoms with van der Waals surface area (Å²) in [6.07, 6.45) is 10.8. The molecule has 3 heterocycles. The van der Waals surface area contributed by atoms with Gasteiger partial charge in [-0.25, -0.2) is 14.4 Å². The SMILES string of the molecule is C[C@@H](c1ccc(F)cc1)N1CCN(c2cc(OC3=CC=CC4N=CC=NC34)ncn2)CC1. The molecular weight excluding hydrogens is 407 g/mol. The highest BCUT2D eigenvalue weighted by molar-refractivity contribution is 6.16. The smallest absolute Gasteiger partial charge is 0.224 e. The van der Waals surface area contributed by atoms with Gasteiger partial charge in [0.15, 0.2) is 0 Å². The van der Waals surface area contributed by atoms with Crippen LogP contribution in [0.2, 0.25) is 0 Å². The number of allylic oxidation sites excluding steroid dienone is 2. The Morgan fingerprint density at radius 1 is 1.03 bits per heavy atom. The Morgan fingerprint density at radius 3 is 2.62 bits per heavy atom. The third kappa shape index (κ3) is 4.31. The van der Waals surface area contributed by atoms with Crippen molar-refractivity contribution in [2.45, 2.75) is 25.0 Å². The van der Waals surface area contributed by atoms with Crippen molar-refractivity contribution >= 4 is 18.2 Å². The number of aliphatic imine (C=N–C) groups is 2. The summed E-state index contributed by atoms with van der Waals surface area (Å²) in [4.78, 5) is 22.3. The minimum Gasteiger partial charge on any atom is -0.441 e. The molecule has 1 aromatic heterocycles. The molecule has 0 radical (unpaired) electrons. The van der Waals surface area contributed by atoms with Gasteiger partial charge in [0.2, 0.25) is 5.88 Å². The fourth-order valence-electron chi connectivity index (χ4n) is 4.26. The van der Waals surface area contributed by atoms with E-state index in [-0.39, 0.29) is 23.9 Å². The van der Waals surface area contributed by atoms with Crippen LogP contribution in [-0.4, -0.2) is 65.6 Å². The highest BCUT2D eigenvalue weighted by Crippen LogP contribution is 2.27. The quantitative estimate of drug-likeness (QED) is 0.726. The fourth-order valence-corrected chi connectivity index (χ4v) is 4.26. The first-order chi connectivity index (χ1) is 15.7. The number of aromatic nitrogens is 2. The molecular formula is C24H25FN6O. The standard InChI is InChI=1S/C24H25FN6O/c1-17(18-5-7-19(25)8-6-18)30-11-13-31(14-12-30)22-15-23(29-16-28-22)32-21-4-2-3-20-24(21)27-10-9-26-20/h2-10,15-17,20,24H,11-14H2,1H3/t17-,20?,24?/m0/s1. The van der Waals surface area contributed by atoms with Crippen molar-refractivity contribution < 1.29 is 9.13 Å². The molecule has 2 unspecified atom stereocenters. The summed E-state index contributed by atoms with van der Waals surface area (Å²) in [6, 6.07) is 8.70. The third-order valence-corrected chi connectivity index (χ3v) is 6.14. The number of fused-ring (bicyclic) bond motifs is 1. The highest BCUT2D eigenvalue weighted by atomic mass is 19.1. The van der Waals surface area contributed by atoms with Crippen molar-refractivity contribution in [1.82, 2.24) is 14.9 Å². The van der Waals surface area contributed by atoms with Crippen molar-refractivity contribution in [3.63, 3.8) is 0 Å². The lowest BCUT2D eigenvalue weighted by atomic mass is 10.0. The van der Waals surface area contributed by atoms with E-state index in [1.165, 1.54) is 18.5 Å². The summed E-state index contributed by atoms with van der Waals surface area (Å²) in [6.45, 7) is 5.64. The van der Waals surface area contributed by atoms with Crippen LogP contribution in [0, 0.1) is 5.82 Å². The van der Waals surface area contributed by atoms with Gasteiger partial charge < -0.3 is 9.64 Å². The van der Waals surface area contributed by atoms with Crippen LogP contribution >= 0.6 is 0 Å². The third-order valence-electron chi connectivity index (χ3n) is 6.14. The second-order valence-corrected chi connectivity index (χ2v) is 8.05. The molecule has 1 saturated heterocycles. The Balaban J connectivity index is 1.22. The lowest BCUT2D eigenvalue weighted by molar-refractivity contribution is 0.198. The summed E-state index contributed by atoms with van der Waals surface area (Å²) >= 11 is 0. The number of benzene rings is 1. The summed E-state index contributed by atoms with van der Waals surface area (Å²) in [7, 11) is 0. The van der Waals surface area contributed by atoms with E-state index in [4.69, 9.17) is 4.74 Å². The van der Waals surface area contributed by atoms with E-state index in [1.807, 2.05) is 36.4 Å². The molecule has 0 amide bonds. The first-order valence-corrected chi connectivity index (χ1v) is 10.8. The molecule has 0 N–H and O–H groups in total. The molecule has 2 aromatic rings. The van der Waals surface area contributed by atoms with Crippen LogP contribution in [-0.2, 0) is 0 Å². The number of ether oxygens (including phenoxy) is 1. The van der Waals surface area contributed by atoms with Gasteiger partial charge in [-0.3, -0.25) is 14.9 Å². The first kappa shape index (κ1) is 20.5. The average Bonchev–Trinajstić information content (AvgIpc) is 2.85. The van der Waals surface area contributed by atoms with E-state index in [0.29, 0.717) is 5.88 Å². The van der Waals surface area contributed by atoms with Crippen LogP contribution < -0.4 is 9.64 Å². The number of piperazine rings is 1. The second kappa shape index (κ2) is 9.00. The molecule has 32 heavy (non-hydrogen) atoms. The summed E-state index contributed by atoms with van der Waals surface area (Å²) < 4.78 is 19.3. The second-order valence-electron chi connectivity index (χ2n) is 8.05. The summed E-state index contributed by atoms with van der Waals surface area (Å²) in [5.41, 5.74) is 1.13. The predicted molar refractivity (Wildman–Crippen MR) is 123 cm³/mol. The molecule has 2 aliphatic heterocycles. The molecule has 0 spiro atoms. The Labute approximate surface area is 186 Å². The number of hydrogen-bond donors (Lipinski definition) is 0. The normalized spacial score (nSPS) is 23.6. The van der Waals surface area contributed by atoms with Gasteiger partial charge in [0, 0.05) is 50.7 Å². The highest BCUT2D eigenvalue weighted by Gasteiger charge is 2.28. The van der Waals surface area contributed by atoms with Crippen molar-refractivity contribution in [3.8, 4) is 5.88 Å². The van der Waals surface area contributed by atoms with Gasteiger partial charge in [-0.2, -0.15) is 0 Å². The summed E-state index contributed by atoms with van der Waals surface area (Å²) in [5.74, 6) is 1.87. The van der Waals surface area contributed by atoms with Gasteiger partial charge in [0.05, 0.1) is 6.04 Å². The number of hydrogen-bond acceptors (Lipinski definition) is 7. The summed E-state index contributed by atoms with van der Waals surface area (Å²) in [5, 5.41) is 0. The molecule has 0 bridgehead atoms. The molecule has 0 saturated carbocycles.